The second kappa shape index (κ2) is 32.3. The Hall–Kier alpha value is -12.7. The van der Waals surface area contributed by atoms with Crippen molar-refractivity contribution in [3.63, 3.8) is 0 Å². The largest absolute Gasteiger partial charge is 0.0620 e. The fraction of sp³-hybridized carbons (Fsp3) is 0.0926. The molecule has 0 N–H and O–H groups in total. The van der Waals surface area contributed by atoms with Gasteiger partial charge < -0.3 is 0 Å². The Balaban J connectivity index is 0.0000000910. The average molecular weight is 1380 g/mol. The molecule has 0 heterocycles. The first-order valence-corrected chi connectivity index (χ1v) is 38.7. The molecule has 0 spiro atoms. The fourth-order valence-corrected chi connectivity index (χ4v) is 16.9. The van der Waals surface area contributed by atoms with Crippen LogP contribution in [0, 0.1) is 0 Å². The Kier molecular flexibility index (Phi) is 20.5. The van der Waals surface area contributed by atoms with Crippen LogP contribution < -0.4 is 0 Å². The van der Waals surface area contributed by atoms with Gasteiger partial charge in [-0.15, -0.1) is 0 Å². The molecule has 24 rings (SSSR count). The van der Waals surface area contributed by atoms with E-state index in [1.165, 1.54) is 223 Å². The molecule has 0 nitrogen and oxygen atoms in total. The summed E-state index contributed by atoms with van der Waals surface area (Å²) in [7, 11) is 0. The first kappa shape index (κ1) is 68.4. The monoisotopic (exact) mass is 1380 g/mol. The molecule has 0 aliphatic heterocycles. The fourth-order valence-electron chi connectivity index (χ4n) is 16.9. The van der Waals surface area contributed by atoms with Gasteiger partial charge in [0.05, 0.1) is 0 Å². The molecule has 6 aliphatic rings. The zero-order chi connectivity index (χ0) is 72.2. The Morgan fingerprint density at radius 3 is 0.769 bits per heavy atom. The number of rotatable bonds is 0. The van der Waals surface area contributed by atoms with Gasteiger partial charge >= 0.3 is 0 Å². The van der Waals surface area contributed by atoms with Crippen LogP contribution >= 0.6 is 0 Å². The van der Waals surface area contributed by atoms with Crippen molar-refractivity contribution in [3.8, 4) is 66.8 Å². The zero-order valence-electron chi connectivity index (χ0n) is 61.2. The van der Waals surface area contributed by atoms with Gasteiger partial charge in [-0.2, -0.15) is 0 Å². The van der Waals surface area contributed by atoms with Crippen LogP contribution in [-0.4, -0.2) is 0 Å². The first-order chi connectivity index (χ1) is 53.6. The highest BCUT2D eigenvalue weighted by molar-refractivity contribution is 6.15. The predicted molar refractivity (Wildman–Crippen MR) is 462 cm³/mol. The van der Waals surface area contributed by atoms with Crippen molar-refractivity contribution in [2.24, 2.45) is 0 Å². The van der Waals surface area contributed by atoms with Gasteiger partial charge in [-0.1, -0.05) is 394 Å². The third kappa shape index (κ3) is 14.8. The van der Waals surface area contributed by atoms with Crippen LogP contribution in [0.4, 0.5) is 0 Å². The van der Waals surface area contributed by atoms with Crippen molar-refractivity contribution in [2.45, 2.75) is 64.2 Å². The van der Waals surface area contributed by atoms with Gasteiger partial charge in [0.25, 0.3) is 0 Å². The summed E-state index contributed by atoms with van der Waals surface area (Å²) in [5.74, 6) is 0. The molecule has 0 aromatic heterocycles. The lowest BCUT2D eigenvalue weighted by Crippen LogP contribution is -2.06. The molecule has 6 aliphatic carbocycles. The maximum Gasteiger partial charge on any atom is -0.00132 e. The molecular weight excluding hydrogens is 1300 g/mol. The summed E-state index contributed by atoms with van der Waals surface area (Å²) in [6.45, 7) is 0. The maximum absolute atomic E-state index is 2.34. The quantitative estimate of drug-likeness (QED) is 0.133. The molecular formula is C108H86. The van der Waals surface area contributed by atoms with Crippen molar-refractivity contribution in [2.75, 3.05) is 0 Å². The number of aryl methyl sites for hydroxylation is 8. The summed E-state index contributed by atoms with van der Waals surface area (Å²) in [4.78, 5) is 0. The molecule has 18 aromatic carbocycles. The molecule has 0 saturated carbocycles. The lowest BCUT2D eigenvalue weighted by atomic mass is 9.81. The van der Waals surface area contributed by atoms with E-state index in [0.29, 0.717) is 0 Å². The van der Waals surface area contributed by atoms with E-state index in [2.05, 4.69) is 400 Å². The minimum atomic E-state index is 1.08. The standard InChI is InChI=1S/C17H12.C16H10.C16H16.C14H12.C14H10.C12H8.C10H8.C9H10/c1-2-6-13-11-17-15(9-12(13)5-1)10-14-7-3-4-8-16(14)17;1-2-8-13-12(7-1)14-9-3-5-11-6-4-10-15(13)16(11)14;1-2-6-14-11-12-16-8-4-3-7-15(16)10-9-13(14)5-1;2*1-3-7-13-11(5-1)9-10-12-6-2-4-8-14(12)13;1-2-6-10-9(5-1)11-7-3-4-8-12(10)11;1-2-6-10-8-4-3-7-9(10)5-1;1-2-5-9-7-3-6-8(9)4-1/h1-9,11H,10H2;1-10H;1-8H,9-12H2;1-8H,9-10H2;1-10H;1-8H;1-8H;1-2,4-5H,3,6-7H2. The highest BCUT2D eigenvalue weighted by atomic mass is 14.3. The van der Waals surface area contributed by atoms with Gasteiger partial charge in [0, 0.05) is 0 Å². The summed E-state index contributed by atoms with van der Waals surface area (Å²) in [6, 6.07) is 143. The molecule has 0 radical (unpaired) electrons. The third-order valence-electron chi connectivity index (χ3n) is 22.4. The summed E-state index contributed by atoms with van der Waals surface area (Å²) in [5.41, 5.74) is 32.0. The lowest BCUT2D eigenvalue weighted by molar-refractivity contribution is 0.839. The van der Waals surface area contributed by atoms with Crippen molar-refractivity contribution >= 4 is 53.9 Å². The molecule has 0 saturated heterocycles. The minimum absolute atomic E-state index is 1.08. The number of hydrogen-bond acceptors (Lipinski definition) is 0. The Labute approximate surface area is 636 Å². The smallest absolute Gasteiger partial charge is 0.00132 e. The Bertz CT molecular complexity index is 5780. The molecule has 0 fully saturated rings. The van der Waals surface area contributed by atoms with Crippen molar-refractivity contribution in [3.05, 3.63) is 456 Å². The van der Waals surface area contributed by atoms with Gasteiger partial charge in [0.15, 0.2) is 0 Å². The second-order valence-corrected chi connectivity index (χ2v) is 28.9. The van der Waals surface area contributed by atoms with E-state index in [0.717, 1.165) is 6.42 Å². The lowest BCUT2D eigenvalue weighted by Gasteiger charge is -2.22. The molecule has 518 valence electrons. The SMILES string of the molecule is c1ccc2c(c1)-c1cccc3cccc-2c13.c1ccc2c(c1)-c1ccccc1-2.c1ccc2c(c1)CCC2.c1ccc2c(c1)CCc1ccccc1-2.c1ccc2c(c1)CCc1ccccc1CC2.c1ccc2c(c1)Cc1cc3ccccc3cc1-2.c1ccc2c(c1)ccc1ccccc12.c1ccc2ccccc2c1. The van der Waals surface area contributed by atoms with Gasteiger partial charge in [0.1, 0.15) is 0 Å². The second-order valence-electron chi connectivity index (χ2n) is 28.9. The number of fused-ring (bicyclic) bond motifs is 21. The van der Waals surface area contributed by atoms with Gasteiger partial charge in [-0.25, -0.2) is 0 Å². The summed E-state index contributed by atoms with van der Waals surface area (Å²) >= 11 is 0. The van der Waals surface area contributed by atoms with Crippen LogP contribution in [0.3, 0.4) is 0 Å². The predicted octanol–water partition coefficient (Wildman–Crippen LogP) is 28.3. The van der Waals surface area contributed by atoms with Crippen LogP contribution in [0.25, 0.3) is 121 Å². The Morgan fingerprint density at radius 1 is 0.130 bits per heavy atom. The van der Waals surface area contributed by atoms with Crippen LogP contribution in [-0.2, 0) is 57.8 Å². The zero-order valence-corrected chi connectivity index (χ0v) is 61.2. The van der Waals surface area contributed by atoms with E-state index in [-0.39, 0.29) is 0 Å². The van der Waals surface area contributed by atoms with Gasteiger partial charge in [-0.3, -0.25) is 0 Å². The topological polar surface area (TPSA) is 0 Å². The highest BCUT2D eigenvalue weighted by Crippen LogP contribution is 2.48. The minimum Gasteiger partial charge on any atom is -0.0620 e. The average Bonchev–Trinajstić information content (AvgIpc) is 1.48. The summed E-state index contributed by atoms with van der Waals surface area (Å²) < 4.78 is 0. The highest BCUT2D eigenvalue weighted by Gasteiger charge is 2.22. The third-order valence-corrected chi connectivity index (χ3v) is 22.4. The normalized spacial score (nSPS) is 12.4. The van der Waals surface area contributed by atoms with E-state index in [4.69, 9.17) is 0 Å². The van der Waals surface area contributed by atoms with Crippen molar-refractivity contribution < 1.29 is 0 Å². The van der Waals surface area contributed by atoms with E-state index < -0.39 is 0 Å². The molecule has 0 unspecified atom stereocenters. The van der Waals surface area contributed by atoms with Crippen molar-refractivity contribution in [1.29, 1.82) is 0 Å². The molecule has 0 bridgehead atoms. The van der Waals surface area contributed by atoms with Crippen LogP contribution in [0.1, 0.15) is 62.1 Å². The molecule has 108 heavy (non-hydrogen) atoms. The molecule has 18 aromatic rings. The van der Waals surface area contributed by atoms with E-state index in [9.17, 15) is 0 Å². The molecule has 0 amide bonds. The summed E-state index contributed by atoms with van der Waals surface area (Å²) in [5, 5.41) is 13.4. The number of hydrogen-bond donors (Lipinski definition) is 0. The molecule has 0 heteroatoms. The maximum atomic E-state index is 2.34. The van der Waals surface area contributed by atoms with Crippen LogP contribution in [0.2, 0.25) is 0 Å². The van der Waals surface area contributed by atoms with E-state index >= 15 is 0 Å². The van der Waals surface area contributed by atoms with E-state index in [1.807, 2.05) is 0 Å². The van der Waals surface area contributed by atoms with Crippen LogP contribution in [0.15, 0.2) is 400 Å². The van der Waals surface area contributed by atoms with E-state index in [1.54, 1.807) is 11.1 Å². The van der Waals surface area contributed by atoms with Crippen molar-refractivity contribution in [1.82, 2.24) is 0 Å². The first-order valence-electron chi connectivity index (χ1n) is 38.7. The Morgan fingerprint density at radius 2 is 0.380 bits per heavy atom. The van der Waals surface area contributed by atoms with Crippen LogP contribution in [0.5, 0.6) is 0 Å². The number of benzene rings is 18. The molecule has 0 atom stereocenters. The summed E-state index contributed by atoms with van der Waals surface area (Å²) in [6.07, 6.45) is 12.2. The van der Waals surface area contributed by atoms with Gasteiger partial charge in [0.2, 0.25) is 0 Å². The van der Waals surface area contributed by atoms with Gasteiger partial charge in [-0.05, 0) is 247 Å².